The summed E-state index contributed by atoms with van der Waals surface area (Å²) in [4.78, 5) is 0. The minimum Gasteiger partial charge on any atom is -0.379 e. The molecule has 0 aliphatic heterocycles. The molecule has 0 heterocycles. The summed E-state index contributed by atoms with van der Waals surface area (Å²) in [5.74, 6) is 0.567. The van der Waals surface area contributed by atoms with E-state index in [1.54, 1.807) is 0 Å². The largest absolute Gasteiger partial charge is 0.379 e. The van der Waals surface area contributed by atoms with Gasteiger partial charge >= 0.3 is 0 Å². The fourth-order valence-electron chi connectivity index (χ4n) is 0.986. The van der Waals surface area contributed by atoms with Gasteiger partial charge in [0, 0.05) is 6.61 Å². The van der Waals surface area contributed by atoms with Crippen molar-refractivity contribution in [1.29, 1.82) is 5.26 Å². The topological polar surface area (TPSA) is 33.0 Å². The number of rotatable bonds is 6. The zero-order valence-corrected chi connectivity index (χ0v) is 8.47. The highest BCUT2D eigenvalue weighted by molar-refractivity contribution is 6.22. The molecular formula is C9H16ClNO. The first-order valence-corrected chi connectivity index (χ1v) is 4.75. The maximum Gasteiger partial charge on any atom is 0.143 e. The van der Waals surface area contributed by atoms with Crippen molar-refractivity contribution in [2.75, 3.05) is 13.2 Å². The van der Waals surface area contributed by atoms with Crippen molar-refractivity contribution in [3.05, 3.63) is 0 Å². The van der Waals surface area contributed by atoms with Gasteiger partial charge in [0.2, 0.25) is 0 Å². The predicted octanol–water partition coefficient (Wildman–Crippen LogP) is 2.57. The van der Waals surface area contributed by atoms with Gasteiger partial charge in [-0.3, -0.25) is 0 Å². The summed E-state index contributed by atoms with van der Waals surface area (Å²) in [5.41, 5.74) is 0. The van der Waals surface area contributed by atoms with E-state index in [0.29, 0.717) is 19.1 Å². The van der Waals surface area contributed by atoms with Gasteiger partial charge in [-0.05, 0) is 12.3 Å². The fourth-order valence-corrected chi connectivity index (χ4v) is 1.08. The maximum absolute atomic E-state index is 8.34. The second kappa shape index (κ2) is 7.39. The minimum atomic E-state index is -0.501. The third kappa shape index (κ3) is 6.45. The highest BCUT2D eigenvalue weighted by Crippen LogP contribution is 2.05. The van der Waals surface area contributed by atoms with E-state index in [-0.39, 0.29) is 0 Å². The van der Waals surface area contributed by atoms with Crippen molar-refractivity contribution < 1.29 is 4.74 Å². The number of ether oxygens (including phenoxy) is 1. The van der Waals surface area contributed by atoms with E-state index in [1.165, 1.54) is 12.8 Å². The molecule has 12 heavy (non-hydrogen) atoms. The molecule has 0 radical (unpaired) electrons. The zero-order valence-electron chi connectivity index (χ0n) is 7.72. The average Bonchev–Trinajstić information content (AvgIpc) is 2.04. The third-order valence-electron chi connectivity index (χ3n) is 1.59. The Kier molecular flexibility index (Phi) is 7.23. The van der Waals surface area contributed by atoms with Crippen LogP contribution in [0.5, 0.6) is 0 Å². The molecule has 0 aromatic carbocycles. The number of alkyl halides is 1. The molecule has 0 amide bonds. The van der Waals surface area contributed by atoms with E-state index in [9.17, 15) is 0 Å². The Morgan fingerprint density at radius 3 is 2.67 bits per heavy atom. The maximum atomic E-state index is 8.34. The standard InChI is InChI=1S/C9H16ClNO/c1-3-4-8(2)6-12-7-9(10)5-11/h8-9H,3-4,6-7H2,1-2H3. The normalized spacial score (nSPS) is 15.2. The van der Waals surface area contributed by atoms with Crippen LogP contribution in [-0.4, -0.2) is 18.6 Å². The summed E-state index contributed by atoms with van der Waals surface area (Å²) in [6, 6.07) is 1.91. The van der Waals surface area contributed by atoms with Crippen LogP contribution >= 0.6 is 11.6 Å². The summed E-state index contributed by atoms with van der Waals surface area (Å²) < 4.78 is 5.25. The first-order valence-electron chi connectivity index (χ1n) is 4.32. The van der Waals surface area contributed by atoms with Crippen molar-refractivity contribution in [2.24, 2.45) is 5.92 Å². The van der Waals surface area contributed by atoms with E-state index in [0.717, 1.165) is 0 Å². The van der Waals surface area contributed by atoms with Gasteiger partial charge in [-0.2, -0.15) is 5.26 Å². The number of nitriles is 1. The molecule has 2 unspecified atom stereocenters. The predicted molar refractivity (Wildman–Crippen MR) is 50.1 cm³/mol. The van der Waals surface area contributed by atoms with Crippen molar-refractivity contribution in [3.8, 4) is 6.07 Å². The third-order valence-corrected chi connectivity index (χ3v) is 1.81. The summed E-state index contributed by atoms with van der Waals surface area (Å²) in [6.45, 7) is 5.33. The summed E-state index contributed by atoms with van der Waals surface area (Å²) >= 11 is 5.54. The molecule has 2 nitrogen and oxygen atoms in total. The Hall–Kier alpha value is -0.260. The molecule has 0 spiro atoms. The van der Waals surface area contributed by atoms with Crippen LogP contribution in [0.25, 0.3) is 0 Å². The molecule has 0 aromatic heterocycles. The van der Waals surface area contributed by atoms with Crippen molar-refractivity contribution >= 4 is 11.6 Å². The second-order valence-corrected chi connectivity index (χ2v) is 3.55. The van der Waals surface area contributed by atoms with Gasteiger partial charge in [0.1, 0.15) is 5.38 Å². The Morgan fingerprint density at radius 1 is 1.50 bits per heavy atom. The van der Waals surface area contributed by atoms with Crippen LogP contribution < -0.4 is 0 Å². The molecule has 0 aliphatic rings. The van der Waals surface area contributed by atoms with Crippen molar-refractivity contribution in [3.63, 3.8) is 0 Å². The Bertz CT molecular complexity index is 144. The van der Waals surface area contributed by atoms with Crippen LogP contribution in [0.4, 0.5) is 0 Å². The van der Waals surface area contributed by atoms with E-state index in [2.05, 4.69) is 13.8 Å². The zero-order chi connectivity index (χ0) is 9.40. The smallest absolute Gasteiger partial charge is 0.143 e. The molecule has 0 N–H and O–H groups in total. The molecule has 0 aliphatic carbocycles. The summed E-state index contributed by atoms with van der Waals surface area (Å²) in [6.07, 6.45) is 2.34. The Morgan fingerprint density at radius 2 is 2.17 bits per heavy atom. The van der Waals surface area contributed by atoms with Crippen LogP contribution in [0.1, 0.15) is 26.7 Å². The monoisotopic (exact) mass is 189 g/mol. The molecule has 2 atom stereocenters. The molecule has 0 bridgehead atoms. The van der Waals surface area contributed by atoms with Gasteiger partial charge in [0.15, 0.2) is 0 Å². The lowest BCUT2D eigenvalue weighted by Gasteiger charge is -2.10. The van der Waals surface area contributed by atoms with E-state index in [4.69, 9.17) is 21.6 Å². The van der Waals surface area contributed by atoms with Crippen LogP contribution in [0, 0.1) is 17.2 Å². The molecular weight excluding hydrogens is 174 g/mol. The van der Waals surface area contributed by atoms with Gasteiger partial charge in [-0.15, -0.1) is 11.6 Å². The summed E-state index contributed by atoms with van der Waals surface area (Å²) in [5, 5.41) is 7.84. The van der Waals surface area contributed by atoms with Crippen LogP contribution in [0.15, 0.2) is 0 Å². The van der Waals surface area contributed by atoms with Crippen molar-refractivity contribution in [2.45, 2.75) is 32.1 Å². The lowest BCUT2D eigenvalue weighted by atomic mass is 10.1. The molecule has 0 fully saturated rings. The van der Waals surface area contributed by atoms with Crippen LogP contribution in [0.2, 0.25) is 0 Å². The summed E-state index contributed by atoms with van der Waals surface area (Å²) in [7, 11) is 0. The van der Waals surface area contributed by atoms with Gasteiger partial charge in [-0.1, -0.05) is 20.3 Å². The number of hydrogen-bond donors (Lipinski definition) is 0. The van der Waals surface area contributed by atoms with Crippen LogP contribution in [-0.2, 0) is 4.74 Å². The SMILES string of the molecule is CCCC(C)COCC(Cl)C#N. The van der Waals surface area contributed by atoms with Gasteiger partial charge in [0.05, 0.1) is 12.7 Å². The second-order valence-electron chi connectivity index (χ2n) is 3.03. The molecule has 0 rings (SSSR count). The van der Waals surface area contributed by atoms with Gasteiger partial charge in [-0.25, -0.2) is 0 Å². The number of halogens is 1. The lowest BCUT2D eigenvalue weighted by Crippen LogP contribution is -2.12. The Labute approximate surface area is 79.5 Å². The molecule has 0 aromatic rings. The number of nitrogens with zero attached hydrogens (tertiary/aromatic N) is 1. The lowest BCUT2D eigenvalue weighted by molar-refractivity contribution is 0.108. The Balaban J connectivity index is 3.25. The van der Waals surface area contributed by atoms with E-state index >= 15 is 0 Å². The first-order chi connectivity index (χ1) is 5.70. The molecule has 70 valence electrons. The quantitative estimate of drug-likeness (QED) is 0.602. The molecule has 0 saturated carbocycles. The van der Waals surface area contributed by atoms with E-state index in [1.807, 2.05) is 6.07 Å². The van der Waals surface area contributed by atoms with E-state index < -0.39 is 5.38 Å². The highest BCUT2D eigenvalue weighted by Gasteiger charge is 2.04. The highest BCUT2D eigenvalue weighted by atomic mass is 35.5. The minimum absolute atomic E-state index is 0.339. The van der Waals surface area contributed by atoms with Gasteiger partial charge in [0.25, 0.3) is 0 Å². The molecule has 3 heteroatoms. The van der Waals surface area contributed by atoms with Crippen LogP contribution in [0.3, 0.4) is 0 Å². The molecule has 0 saturated heterocycles. The van der Waals surface area contributed by atoms with Gasteiger partial charge < -0.3 is 4.74 Å². The van der Waals surface area contributed by atoms with Crippen molar-refractivity contribution in [1.82, 2.24) is 0 Å². The first kappa shape index (κ1) is 11.7. The fraction of sp³-hybridized carbons (Fsp3) is 0.889. The average molecular weight is 190 g/mol. The number of hydrogen-bond acceptors (Lipinski definition) is 2.